The molecule has 0 spiro atoms. The van der Waals surface area contributed by atoms with Crippen molar-refractivity contribution in [3.8, 4) is 0 Å². The van der Waals surface area contributed by atoms with E-state index < -0.39 is 17.5 Å². The summed E-state index contributed by atoms with van der Waals surface area (Å²) in [5.74, 6) is -2.18. The van der Waals surface area contributed by atoms with Crippen molar-refractivity contribution in [2.24, 2.45) is 5.41 Å². The number of carbonyl (C=O) groups is 1. The van der Waals surface area contributed by atoms with Crippen molar-refractivity contribution >= 4 is 5.91 Å². The third kappa shape index (κ3) is 4.07. The Labute approximate surface area is 105 Å². The molecule has 0 aliphatic heterocycles. The summed E-state index contributed by atoms with van der Waals surface area (Å²) in [6, 6.07) is 2.82. The van der Waals surface area contributed by atoms with Crippen LogP contribution < -0.4 is 5.32 Å². The maximum absolute atomic E-state index is 13.3. The zero-order chi connectivity index (χ0) is 13.8. The maximum Gasteiger partial charge on any atom is 0.254 e. The van der Waals surface area contributed by atoms with Crippen LogP contribution in [-0.4, -0.2) is 24.2 Å². The summed E-state index contributed by atoms with van der Waals surface area (Å²) in [6.07, 6.45) is 0.527. The van der Waals surface area contributed by atoms with Crippen LogP contribution in [-0.2, 0) is 0 Å². The van der Waals surface area contributed by atoms with Crippen LogP contribution in [0.25, 0.3) is 0 Å². The van der Waals surface area contributed by atoms with E-state index in [4.69, 9.17) is 5.11 Å². The molecule has 0 aromatic heterocycles. The van der Waals surface area contributed by atoms with E-state index in [1.807, 2.05) is 13.8 Å². The SMILES string of the molecule is CC(C)(CCO)CNC(=O)c1ccc(F)cc1F. The minimum atomic E-state index is -0.882. The van der Waals surface area contributed by atoms with Gasteiger partial charge in [0.1, 0.15) is 11.6 Å². The largest absolute Gasteiger partial charge is 0.396 e. The highest BCUT2D eigenvalue weighted by Crippen LogP contribution is 2.18. The topological polar surface area (TPSA) is 49.3 Å². The van der Waals surface area contributed by atoms with Gasteiger partial charge in [0.15, 0.2) is 0 Å². The van der Waals surface area contributed by atoms with Crippen molar-refractivity contribution in [2.45, 2.75) is 20.3 Å². The molecule has 0 unspecified atom stereocenters. The summed E-state index contributed by atoms with van der Waals surface area (Å²) in [4.78, 5) is 11.7. The average molecular weight is 257 g/mol. The monoisotopic (exact) mass is 257 g/mol. The summed E-state index contributed by atoms with van der Waals surface area (Å²) in [7, 11) is 0. The number of benzene rings is 1. The number of amides is 1. The van der Waals surface area contributed by atoms with Crippen LogP contribution in [0.15, 0.2) is 18.2 Å². The second kappa shape index (κ2) is 5.91. The van der Waals surface area contributed by atoms with Gasteiger partial charge in [0.05, 0.1) is 5.56 Å². The van der Waals surface area contributed by atoms with Gasteiger partial charge in [-0.15, -0.1) is 0 Å². The van der Waals surface area contributed by atoms with Crippen LogP contribution in [0.5, 0.6) is 0 Å². The summed E-state index contributed by atoms with van der Waals surface area (Å²) < 4.78 is 26.0. The molecule has 1 aromatic carbocycles. The molecule has 3 nitrogen and oxygen atoms in total. The molecule has 0 saturated carbocycles. The smallest absolute Gasteiger partial charge is 0.254 e. The molecule has 2 N–H and O–H groups in total. The highest BCUT2D eigenvalue weighted by atomic mass is 19.1. The van der Waals surface area contributed by atoms with E-state index in [0.29, 0.717) is 19.0 Å². The van der Waals surface area contributed by atoms with Gasteiger partial charge in [-0.3, -0.25) is 4.79 Å². The Hall–Kier alpha value is -1.49. The number of hydrogen-bond donors (Lipinski definition) is 2. The fourth-order valence-corrected chi connectivity index (χ4v) is 1.48. The number of nitrogens with one attached hydrogen (secondary N) is 1. The normalized spacial score (nSPS) is 11.4. The van der Waals surface area contributed by atoms with Crippen LogP contribution in [0.4, 0.5) is 8.78 Å². The van der Waals surface area contributed by atoms with Gasteiger partial charge in [-0.1, -0.05) is 13.8 Å². The predicted molar refractivity (Wildman–Crippen MR) is 64.2 cm³/mol. The van der Waals surface area contributed by atoms with E-state index in [2.05, 4.69) is 5.32 Å². The average Bonchev–Trinajstić information content (AvgIpc) is 2.26. The Morgan fingerprint density at radius 2 is 2.06 bits per heavy atom. The van der Waals surface area contributed by atoms with Gasteiger partial charge in [0, 0.05) is 19.2 Å². The van der Waals surface area contributed by atoms with Crippen LogP contribution in [0.3, 0.4) is 0 Å². The molecule has 0 radical (unpaired) electrons. The molecular weight excluding hydrogens is 240 g/mol. The van der Waals surface area contributed by atoms with Crippen LogP contribution >= 0.6 is 0 Å². The standard InChI is InChI=1S/C13H17F2NO2/c1-13(2,5-6-17)8-16-12(18)10-4-3-9(14)7-11(10)15/h3-4,7,17H,5-6,8H2,1-2H3,(H,16,18). The molecule has 5 heteroatoms. The number of aliphatic hydroxyl groups is 1. The molecular formula is C13H17F2NO2. The Kier molecular flexibility index (Phi) is 4.78. The van der Waals surface area contributed by atoms with E-state index in [9.17, 15) is 13.6 Å². The minimum absolute atomic E-state index is 0.0216. The summed E-state index contributed by atoms with van der Waals surface area (Å²) in [6.45, 7) is 4.09. The van der Waals surface area contributed by atoms with Crippen molar-refractivity contribution in [1.29, 1.82) is 0 Å². The molecule has 100 valence electrons. The molecule has 1 aromatic rings. The molecule has 0 aliphatic rings. The second-order valence-electron chi connectivity index (χ2n) is 4.94. The first-order valence-corrected chi connectivity index (χ1v) is 5.70. The number of carbonyl (C=O) groups excluding carboxylic acids is 1. The minimum Gasteiger partial charge on any atom is -0.396 e. The lowest BCUT2D eigenvalue weighted by Crippen LogP contribution is -2.35. The quantitative estimate of drug-likeness (QED) is 0.848. The number of hydrogen-bond acceptors (Lipinski definition) is 2. The van der Waals surface area contributed by atoms with Crippen molar-refractivity contribution in [3.63, 3.8) is 0 Å². The second-order valence-corrected chi connectivity index (χ2v) is 4.94. The lowest BCUT2D eigenvalue weighted by molar-refractivity contribution is 0.0924. The first kappa shape index (κ1) is 14.6. The van der Waals surface area contributed by atoms with E-state index in [1.54, 1.807) is 0 Å². The zero-order valence-corrected chi connectivity index (χ0v) is 10.5. The van der Waals surface area contributed by atoms with Crippen molar-refractivity contribution in [1.82, 2.24) is 5.32 Å². The molecule has 0 heterocycles. The van der Waals surface area contributed by atoms with Gasteiger partial charge in [-0.25, -0.2) is 8.78 Å². The van der Waals surface area contributed by atoms with Crippen molar-refractivity contribution in [2.75, 3.05) is 13.2 Å². The van der Waals surface area contributed by atoms with Crippen molar-refractivity contribution < 1.29 is 18.7 Å². The summed E-state index contributed by atoms with van der Waals surface area (Å²) in [5, 5.41) is 11.4. The Bertz CT molecular complexity index is 433. The Morgan fingerprint density at radius 3 is 2.61 bits per heavy atom. The van der Waals surface area contributed by atoms with Gasteiger partial charge < -0.3 is 10.4 Å². The lowest BCUT2D eigenvalue weighted by Gasteiger charge is -2.23. The molecule has 0 bridgehead atoms. The van der Waals surface area contributed by atoms with Gasteiger partial charge in [0.25, 0.3) is 5.91 Å². The van der Waals surface area contributed by atoms with Gasteiger partial charge >= 0.3 is 0 Å². The van der Waals surface area contributed by atoms with Crippen LogP contribution in [0, 0.1) is 17.0 Å². The number of halogens is 2. The third-order valence-electron chi connectivity index (χ3n) is 2.69. The maximum atomic E-state index is 13.3. The van der Waals surface area contributed by atoms with Crippen LogP contribution in [0.2, 0.25) is 0 Å². The molecule has 0 saturated heterocycles. The Balaban J connectivity index is 2.66. The van der Waals surface area contributed by atoms with Gasteiger partial charge in [-0.05, 0) is 24.0 Å². The van der Waals surface area contributed by atoms with Gasteiger partial charge in [-0.2, -0.15) is 0 Å². The van der Waals surface area contributed by atoms with E-state index >= 15 is 0 Å². The van der Waals surface area contributed by atoms with Gasteiger partial charge in [0.2, 0.25) is 0 Å². The van der Waals surface area contributed by atoms with Crippen LogP contribution in [0.1, 0.15) is 30.6 Å². The molecule has 0 aliphatic carbocycles. The first-order valence-electron chi connectivity index (χ1n) is 5.70. The predicted octanol–water partition coefficient (Wildman–Crippen LogP) is 2.10. The van der Waals surface area contributed by atoms with Crippen molar-refractivity contribution in [3.05, 3.63) is 35.4 Å². The number of rotatable bonds is 5. The van der Waals surface area contributed by atoms with E-state index in [-0.39, 0.29) is 17.6 Å². The molecule has 1 rings (SSSR count). The fourth-order valence-electron chi connectivity index (χ4n) is 1.48. The molecule has 0 fully saturated rings. The summed E-state index contributed by atoms with van der Waals surface area (Å²) >= 11 is 0. The Morgan fingerprint density at radius 1 is 1.39 bits per heavy atom. The molecule has 0 atom stereocenters. The first-order chi connectivity index (χ1) is 8.35. The zero-order valence-electron chi connectivity index (χ0n) is 10.5. The lowest BCUT2D eigenvalue weighted by atomic mass is 9.89. The number of aliphatic hydroxyl groups excluding tert-OH is 1. The van der Waals surface area contributed by atoms with E-state index in [0.717, 1.165) is 12.1 Å². The summed E-state index contributed by atoms with van der Waals surface area (Å²) in [5.41, 5.74) is -0.461. The highest BCUT2D eigenvalue weighted by molar-refractivity contribution is 5.94. The highest BCUT2D eigenvalue weighted by Gasteiger charge is 2.19. The molecule has 1 amide bonds. The molecule has 18 heavy (non-hydrogen) atoms. The fraction of sp³-hybridized carbons (Fsp3) is 0.462. The third-order valence-corrected chi connectivity index (χ3v) is 2.69. The van der Waals surface area contributed by atoms with E-state index in [1.165, 1.54) is 0 Å².